The zero-order chi connectivity index (χ0) is 21.4. The second-order valence-electron chi connectivity index (χ2n) is 6.65. The van der Waals surface area contributed by atoms with Crippen molar-refractivity contribution < 1.29 is 19.0 Å². The molecule has 1 atom stereocenters. The largest absolute Gasteiger partial charge is 0.491 e. The molecule has 1 unspecified atom stereocenters. The third-order valence-electron chi connectivity index (χ3n) is 3.89. The number of nitriles is 1. The first-order valence-corrected chi connectivity index (χ1v) is 10.2. The van der Waals surface area contributed by atoms with E-state index in [2.05, 4.69) is 27.3 Å². The molecule has 0 spiro atoms. The van der Waals surface area contributed by atoms with Crippen LogP contribution in [0.15, 0.2) is 40.9 Å². The highest BCUT2D eigenvalue weighted by molar-refractivity contribution is 9.10. The number of amides is 1. The molecule has 29 heavy (non-hydrogen) atoms. The van der Waals surface area contributed by atoms with Crippen LogP contribution in [0.5, 0.6) is 17.2 Å². The van der Waals surface area contributed by atoms with E-state index in [4.69, 9.17) is 19.5 Å². The molecule has 0 aliphatic rings. The maximum Gasteiger partial charge on any atom is 0.258 e. The van der Waals surface area contributed by atoms with Crippen molar-refractivity contribution in [2.24, 2.45) is 0 Å². The minimum absolute atomic E-state index is 0.0777. The van der Waals surface area contributed by atoms with E-state index in [1.165, 1.54) is 0 Å². The van der Waals surface area contributed by atoms with Crippen LogP contribution in [0, 0.1) is 11.3 Å². The van der Waals surface area contributed by atoms with E-state index in [0.29, 0.717) is 28.1 Å². The Balaban J connectivity index is 2.02. The highest BCUT2D eigenvalue weighted by atomic mass is 79.9. The van der Waals surface area contributed by atoms with Gasteiger partial charge >= 0.3 is 0 Å². The highest BCUT2D eigenvalue weighted by Gasteiger charge is 2.16. The number of nitrogens with zero attached hydrogens (tertiary/aromatic N) is 1. The standard InChI is InChI=1S/C22H25BrN2O4/c1-5-27-20-10-16(12-24)9-19(23)22(20)28-13-21(26)25-15(4)17-7-6-8-18(11-17)29-14(2)3/h6-11,14-15H,5,13H2,1-4H3,(H,25,26). The molecule has 0 saturated carbocycles. The van der Waals surface area contributed by atoms with Crippen molar-refractivity contribution in [3.63, 3.8) is 0 Å². The summed E-state index contributed by atoms with van der Waals surface area (Å²) in [6, 6.07) is 12.7. The summed E-state index contributed by atoms with van der Waals surface area (Å²) in [4.78, 5) is 12.4. The van der Waals surface area contributed by atoms with E-state index in [-0.39, 0.29) is 24.7 Å². The molecule has 0 fully saturated rings. The van der Waals surface area contributed by atoms with Gasteiger partial charge in [0, 0.05) is 6.07 Å². The SMILES string of the molecule is CCOc1cc(C#N)cc(Br)c1OCC(=O)NC(C)c1cccc(OC(C)C)c1. The second kappa shape index (κ2) is 10.7. The quantitative estimate of drug-likeness (QED) is 0.582. The Morgan fingerprint density at radius 3 is 2.62 bits per heavy atom. The molecular weight excluding hydrogens is 436 g/mol. The zero-order valence-electron chi connectivity index (χ0n) is 17.0. The minimum atomic E-state index is -0.272. The number of ether oxygens (including phenoxy) is 3. The normalized spacial score (nSPS) is 11.5. The van der Waals surface area contributed by atoms with Crippen LogP contribution in [-0.2, 0) is 4.79 Å². The van der Waals surface area contributed by atoms with Crippen LogP contribution in [0.4, 0.5) is 0 Å². The van der Waals surface area contributed by atoms with Gasteiger partial charge in [-0.3, -0.25) is 4.79 Å². The molecule has 1 N–H and O–H groups in total. The van der Waals surface area contributed by atoms with Crippen LogP contribution in [-0.4, -0.2) is 25.2 Å². The van der Waals surface area contributed by atoms with E-state index in [1.807, 2.05) is 52.0 Å². The van der Waals surface area contributed by atoms with E-state index >= 15 is 0 Å². The van der Waals surface area contributed by atoms with Gasteiger partial charge in [-0.05, 0) is 67.4 Å². The van der Waals surface area contributed by atoms with Crippen LogP contribution in [0.2, 0.25) is 0 Å². The van der Waals surface area contributed by atoms with Crippen molar-refractivity contribution in [3.05, 3.63) is 52.0 Å². The lowest BCUT2D eigenvalue weighted by Gasteiger charge is -2.18. The van der Waals surface area contributed by atoms with Crippen molar-refractivity contribution >= 4 is 21.8 Å². The predicted molar refractivity (Wildman–Crippen MR) is 114 cm³/mol. The fourth-order valence-corrected chi connectivity index (χ4v) is 3.23. The van der Waals surface area contributed by atoms with Crippen molar-refractivity contribution in [3.8, 4) is 23.3 Å². The number of hydrogen-bond acceptors (Lipinski definition) is 5. The Morgan fingerprint density at radius 1 is 1.21 bits per heavy atom. The van der Waals surface area contributed by atoms with E-state index in [1.54, 1.807) is 12.1 Å². The van der Waals surface area contributed by atoms with Crippen LogP contribution in [0.3, 0.4) is 0 Å². The predicted octanol–water partition coefficient (Wildman–Crippen LogP) is 4.76. The summed E-state index contributed by atoms with van der Waals surface area (Å²) in [5.41, 5.74) is 1.38. The molecule has 2 rings (SSSR count). The molecule has 0 saturated heterocycles. The smallest absolute Gasteiger partial charge is 0.258 e. The summed E-state index contributed by atoms with van der Waals surface area (Å²) >= 11 is 3.37. The molecule has 0 aliphatic carbocycles. The number of carbonyl (C=O) groups is 1. The van der Waals surface area contributed by atoms with Gasteiger partial charge in [0.1, 0.15) is 5.75 Å². The number of hydrogen-bond donors (Lipinski definition) is 1. The molecule has 7 heteroatoms. The summed E-state index contributed by atoms with van der Waals surface area (Å²) in [5, 5.41) is 12.0. The molecule has 0 aromatic heterocycles. The molecule has 0 bridgehead atoms. The van der Waals surface area contributed by atoms with Crippen LogP contribution < -0.4 is 19.5 Å². The molecule has 2 aromatic rings. The van der Waals surface area contributed by atoms with Gasteiger partial charge in [-0.15, -0.1) is 0 Å². The van der Waals surface area contributed by atoms with Gasteiger partial charge in [0.05, 0.1) is 34.9 Å². The molecule has 154 valence electrons. The van der Waals surface area contributed by atoms with Crippen LogP contribution >= 0.6 is 15.9 Å². The van der Waals surface area contributed by atoms with Crippen molar-refractivity contribution in [2.45, 2.75) is 39.8 Å². The number of benzene rings is 2. The van der Waals surface area contributed by atoms with E-state index < -0.39 is 0 Å². The first-order valence-electron chi connectivity index (χ1n) is 9.39. The van der Waals surface area contributed by atoms with Gasteiger partial charge in [-0.1, -0.05) is 12.1 Å². The average Bonchev–Trinajstić information content (AvgIpc) is 2.67. The fourth-order valence-electron chi connectivity index (χ4n) is 2.67. The topological polar surface area (TPSA) is 80.6 Å². The third-order valence-corrected chi connectivity index (χ3v) is 4.48. The molecule has 0 heterocycles. The lowest BCUT2D eigenvalue weighted by atomic mass is 10.1. The number of nitrogens with one attached hydrogen (secondary N) is 1. The van der Waals surface area contributed by atoms with Crippen molar-refractivity contribution in [2.75, 3.05) is 13.2 Å². The first kappa shape index (κ1) is 22.6. The Bertz CT molecular complexity index is 893. The molecule has 1 amide bonds. The summed E-state index contributed by atoms with van der Waals surface area (Å²) < 4.78 is 17.5. The molecule has 0 radical (unpaired) electrons. The van der Waals surface area contributed by atoms with Gasteiger partial charge < -0.3 is 19.5 Å². The van der Waals surface area contributed by atoms with Gasteiger partial charge in [-0.25, -0.2) is 0 Å². The average molecular weight is 461 g/mol. The summed E-state index contributed by atoms with van der Waals surface area (Å²) in [6.07, 6.45) is 0.0777. The third kappa shape index (κ3) is 6.68. The second-order valence-corrected chi connectivity index (χ2v) is 7.50. The minimum Gasteiger partial charge on any atom is -0.491 e. The van der Waals surface area contributed by atoms with Crippen LogP contribution in [0.1, 0.15) is 44.9 Å². The number of rotatable bonds is 9. The number of halogens is 1. The van der Waals surface area contributed by atoms with Gasteiger partial charge in [0.25, 0.3) is 5.91 Å². The molecular formula is C22H25BrN2O4. The highest BCUT2D eigenvalue weighted by Crippen LogP contribution is 2.36. The fraction of sp³-hybridized carbons (Fsp3) is 0.364. The summed E-state index contributed by atoms with van der Waals surface area (Å²) in [6.45, 7) is 7.89. The van der Waals surface area contributed by atoms with Gasteiger partial charge in [-0.2, -0.15) is 5.26 Å². The zero-order valence-corrected chi connectivity index (χ0v) is 18.6. The Hall–Kier alpha value is -2.72. The molecule has 0 aliphatic heterocycles. The summed E-state index contributed by atoms with van der Waals surface area (Å²) in [5.74, 6) is 1.29. The first-order chi connectivity index (χ1) is 13.8. The lowest BCUT2D eigenvalue weighted by Crippen LogP contribution is -2.31. The van der Waals surface area contributed by atoms with E-state index in [9.17, 15) is 4.79 Å². The summed E-state index contributed by atoms with van der Waals surface area (Å²) in [7, 11) is 0. The van der Waals surface area contributed by atoms with E-state index in [0.717, 1.165) is 11.3 Å². The van der Waals surface area contributed by atoms with Crippen molar-refractivity contribution in [1.82, 2.24) is 5.32 Å². The molecule has 6 nitrogen and oxygen atoms in total. The van der Waals surface area contributed by atoms with Gasteiger partial charge in [0.2, 0.25) is 0 Å². The van der Waals surface area contributed by atoms with Crippen molar-refractivity contribution in [1.29, 1.82) is 5.26 Å². The maximum atomic E-state index is 12.4. The maximum absolute atomic E-state index is 12.4. The van der Waals surface area contributed by atoms with Crippen LogP contribution in [0.25, 0.3) is 0 Å². The lowest BCUT2D eigenvalue weighted by molar-refractivity contribution is -0.123. The van der Waals surface area contributed by atoms with Gasteiger partial charge in [0.15, 0.2) is 18.1 Å². The Labute approximate surface area is 179 Å². The Morgan fingerprint density at radius 2 is 1.97 bits per heavy atom. The molecule has 2 aromatic carbocycles. The Kier molecular flexibility index (Phi) is 8.34. The monoisotopic (exact) mass is 460 g/mol. The number of carbonyl (C=O) groups excluding carboxylic acids is 1.